The zero-order chi connectivity index (χ0) is 18.7. The number of amides is 1. The number of nitrogens with one attached hydrogen (secondary N) is 1. The molecule has 0 aliphatic carbocycles. The van der Waals surface area contributed by atoms with Crippen LogP contribution in [0.3, 0.4) is 0 Å². The van der Waals surface area contributed by atoms with Gasteiger partial charge in [-0.25, -0.2) is 4.79 Å². The summed E-state index contributed by atoms with van der Waals surface area (Å²) in [6, 6.07) is 0. The smallest absolute Gasteiger partial charge is 0.410 e. The minimum Gasteiger partial charge on any atom is -0.444 e. The molecule has 0 spiro atoms. The molecule has 0 aromatic carbocycles. The third-order valence-electron chi connectivity index (χ3n) is 3.44. The Bertz CT molecular complexity index is 367. The summed E-state index contributed by atoms with van der Waals surface area (Å²) in [6.07, 6.45) is 0.505. The van der Waals surface area contributed by atoms with E-state index in [-0.39, 0.29) is 32.8 Å². The molecule has 2 aliphatic rings. The van der Waals surface area contributed by atoms with Crippen LogP contribution in [0.5, 0.6) is 0 Å². The fourth-order valence-electron chi connectivity index (χ4n) is 2.31. The van der Waals surface area contributed by atoms with Crippen LogP contribution >= 0.6 is 0 Å². The number of ether oxygens (including phenoxy) is 3. The van der Waals surface area contributed by atoms with Gasteiger partial charge < -0.3 is 34.6 Å². The first kappa shape index (κ1) is 25.1. The average molecular weight is 379 g/mol. The quantitative estimate of drug-likeness (QED) is 0.578. The number of carbonyl (C=O) groups is 1. The molecule has 2 fully saturated rings. The summed E-state index contributed by atoms with van der Waals surface area (Å²) in [6.45, 7) is 10.0. The highest BCUT2D eigenvalue weighted by molar-refractivity contribution is 5.68. The van der Waals surface area contributed by atoms with E-state index < -0.39 is 11.7 Å². The van der Waals surface area contributed by atoms with Crippen LogP contribution in [0.4, 0.5) is 4.79 Å². The number of carbonyl (C=O) groups excluding carboxylic acids is 1. The molecule has 3 N–H and O–H groups in total. The van der Waals surface area contributed by atoms with Crippen molar-refractivity contribution in [1.29, 1.82) is 0 Å². The Balaban J connectivity index is 0.000000532. The van der Waals surface area contributed by atoms with Gasteiger partial charge in [0.25, 0.3) is 0 Å². The van der Waals surface area contributed by atoms with Gasteiger partial charge in [0.1, 0.15) is 5.60 Å². The van der Waals surface area contributed by atoms with E-state index in [0.717, 1.165) is 26.0 Å². The number of β-amino-alcohol motifs (C(OH)–C–C–N with tert-alkyl or cyclic N) is 2. The van der Waals surface area contributed by atoms with Crippen molar-refractivity contribution >= 4 is 6.09 Å². The minimum absolute atomic E-state index is 0. The van der Waals surface area contributed by atoms with Gasteiger partial charge in [0.2, 0.25) is 0 Å². The number of nitrogens with zero attached hydrogens (tertiary/aromatic N) is 1. The van der Waals surface area contributed by atoms with Crippen molar-refractivity contribution in [3.05, 3.63) is 0 Å². The third-order valence-corrected chi connectivity index (χ3v) is 3.44. The Kier molecular flexibility index (Phi) is 12.8. The van der Waals surface area contributed by atoms with Crippen LogP contribution in [-0.2, 0) is 14.2 Å². The average Bonchev–Trinajstić information content (AvgIpc) is 2.45. The Morgan fingerprint density at radius 2 is 1.73 bits per heavy atom. The van der Waals surface area contributed by atoms with Gasteiger partial charge >= 0.3 is 6.09 Å². The molecule has 1 amide bonds. The number of hydrogen-bond acceptors (Lipinski definition) is 7. The van der Waals surface area contributed by atoms with Crippen molar-refractivity contribution in [1.82, 2.24) is 10.2 Å². The number of aliphatic hydroxyl groups excluding tert-OH is 2. The van der Waals surface area contributed by atoms with E-state index in [1.807, 2.05) is 20.8 Å². The van der Waals surface area contributed by atoms with Gasteiger partial charge in [-0.15, -0.1) is 0 Å². The van der Waals surface area contributed by atoms with Crippen LogP contribution in [0.1, 0.15) is 41.0 Å². The maximum absolute atomic E-state index is 11.8. The molecule has 8 nitrogen and oxygen atoms in total. The van der Waals surface area contributed by atoms with Gasteiger partial charge in [-0.2, -0.15) is 0 Å². The van der Waals surface area contributed by atoms with Gasteiger partial charge in [-0.3, -0.25) is 0 Å². The van der Waals surface area contributed by atoms with E-state index in [9.17, 15) is 9.90 Å². The normalized spacial score (nSPS) is 25.2. The summed E-state index contributed by atoms with van der Waals surface area (Å²) < 4.78 is 15.5. The maximum atomic E-state index is 11.8. The Labute approximate surface area is 157 Å². The summed E-state index contributed by atoms with van der Waals surface area (Å²) in [5, 5.41) is 21.7. The van der Waals surface area contributed by atoms with Gasteiger partial charge in [0.05, 0.1) is 32.0 Å². The predicted molar refractivity (Wildman–Crippen MR) is 100 cm³/mol. The Hall–Kier alpha value is -0.930. The summed E-state index contributed by atoms with van der Waals surface area (Å²) in [5.74, 6) is 0. The zero-order valence-corrected chi connectivity index (χ0v) is 15.7. The van der Waals surface area contributed by atoms with Crippen LogP contribution < -0.4 is 5.32 Å². The Morgan fingerprint density at radius 3 is 2.38 bits per heavy atom. The predicted octanol–water partition coefficient (Wildman–Crippen LogP) is 0.998. The number of rotatable bonds is 0. The first-order valence-corrected chi connectivity index (χ1v) is 8.98. The molecular weight excluding hydrogens is 340 g/mol. The van der Waals surface area contributed by atoms with Gasteiger partial charge in [0.15, 0.2) is 0 Å². The summed E-state index contributed by atoms with van der Waals surface area (Å²) in [4.78, 5) is 13.3. The second-order valence-electron chi connectivity index (χ2n) is 7.30. The second kappa shape index (κ2) is 13.3. The molecule has 0 radical (unpaired) electrons. The molecule has 0 bridgehead atoms. The van der Waals surface area contributed by atoms with Crippen molar-refractivity contribution in [2.24, 2.45) is 0 Å². The number of hydrogen-bond donors (Lipinski definition) is 3. The van der Waals surface area contributed by atoms with Crippen molar-refractivity contribution < 1.29 is 29.2 Å². The SMILES string of the molecule is C.CC(C)(C)OC(=O)N1CCCOCC(O)C1.OC1CNCCCOC1. The summed E-state index contributed by atoms with van der Waals surface area (Å²) >= 11 is 0. The molecule has 2 unspecified atom stereocenters. The van der Waals surface area contributed by atoms with E-state index >= 15 is 0 Å². The molecule has 2 heterocycles. The lowest BCUT2D eigenvalue weighted by atomic mass is 10.2. The first-order valence-electron chi connectivity index (χ1n) is 8.98. The van der Waals surface area contributed by atoms with Crippen molar-refractivity contribution in [2.45, 2.75) is 58.8 Å². The molecule has 0 aromatic heterocycles. The third kappa shape index (κ3) is 12.4. The second-order valence-corrected chi connectivity index (χ2v) is 7.30. The summed E-state index contributed by atoms with van der Waals surface area (Å²) in [7, 11) is 0. The molecule has 156 valence electrons. The van der Waals surface area contributed by atoms with Crippen molar-refractivity contribution in [3.63, 3.8) is 0 Å². The summed E-state index contributed by atoms with van der Waals surface area (Å²) in [5.41, 5.74) is -0.499. The first-order chi connectivity index (χ1) is 11.8. The molecule has 0 aromatic rings. The molecule has 0 saturated carbocycles. The molecule has 2 atom stereocenters. The highest BCUT2D eigenvalue weighted by atomic mass is 16.6. The minimum atomic E-state index is -0.632. The fourth-order valence-corrected chi connectivity index (χ4v) is 2.31. The number of aliphatic hydroxyl groups is 2. The van der Waals surface area contributed by atoms with Gasteiger partial charge in [-0.05, 0) is 40.2 Å². The monoisotopic (exact) mass is 378 g/mol. The molecule has 2 rings (SSSR count). The van der Waals surface area contributed by atoms with E-state index in [0.29, 0.717) is 26.3 Å². The Morgan fingerprint density at radius 1 is 1.12 bits per heavy atom. The van der Waals surface area contributed by atoms with E-state index in [1.165, 1.54) is 0 Å². The molecule has 8 heteroatoms. The van der Waals surface area contributed by atoms with Gasteiger partial charge in [-0.1, -0.05) is 7.43 Å². The van der Waals surface area contributed by atoms with Crippen molar-refractivity contribution in [2.75, 3.05) is 52.6 Å². The van der Waals surface area contributed by atoms with Crippen LogP contribution in [0.2, 0.25) is 0 Å². The lowest BCUT2D eigenvalue weighted by Crippen LogP contribution is -2.44. The van der Waals surface area contributed by atoms with Crippen LogP contribution in [0, 0.1) is 0 Å². The highest BCUT2D eigenvalue weighted by Gasteiger charge is 2.24. The van der Waals surface area contributed by atoms with E-state index in [2.05, 4.69) is 5.32 Å². The fraction of sp³-hybridized carbons (Fsp3) is 0.944. The van der Waals surface area contributed by atoms with E-state index in [1.54, 1.807) is 4.90 Å². The molecule has 2 aliphatic heterocycles. The molecule has 2 saturated heterocycles. The van der Waals surface area contributed by atoms with Crippen LogP contribution in [-0.4, -0.2) is 91.6 Å². The van der Waals surface area contributed by atoms with Crippen molar-refractivity contribution in [3.8, 4) is 0 Å². The maximum Gasteiger partial charge on any atom is 0.410 e. The standard InChI is InChI=1S/C11H21NO4.C6H13NO2.CH4/c1-11(2,3)16-10(14)12-5-4-6-15-8-9(13)7-12;8-6-4-7-2-1-3-9-5-6;/h9,13H,4-8H2,1-3H3;6-8H,1-5H2;1H4. The largest absolute Gasteiger partial charge is 0.444 e. The molecule has 26 heavy (non-hydrogen) atoms. The lowest BCUT2D eigenvalue weighted by molar-refractivity contribution is -0.0204. The molecular formula is C18H38N2O6. The van der Waals surface area contributed by atoms with Gasteiger partial charge in [0, 0.05) is 26.3 Å². The van der Waals surface area contributed by atoms with Crippen LogP contribution in [0.15, 0.2) is 0 Å². The lowest BCUT2D eigenvalue weighted by Gasteiger charge is -2.30. The highest BCUT2D eigenvalue weighted by Crippen LogP contribution is 2.11. The zero-order valence-electron chi connectivity index (χ0n) is 15.7. The van der Waals surface area contributed by atoms with Crippen LogP contribution in [0.25, 0.3) is 0 Å². The van der Waals surface area contributed by atoms with E-state index in [4.69, 9.17) is 19.3 Å². The topological polar surface area (TPSA) is 100 Å².